The van der Waals surface area contributed by atoms with Gasteiger partial charge in [-0.3, -0.25) is 14.4 Å². The molecule has 1 fully saturated rings. The van der Waals surface area contributed by atoms with Gasteiger partial charge in [-0.2, -0.15) is 0 Å². The van der Waals surface area contributed by atoms with Gasteiger partial charge in [-0.05, 0) is 6.42 Å². The number of hydrogen-bond acceptors (Lipinski definition) is 8. The molecule has 1 aromatic heterocycles. The Bertz CT molecular complexity index is 708. The predicted octanol–water partition coefficient (Wildman–Crippen LogP) is 0.835. The number of amides is 3. The van der Waals surface area contributed by atoms with Crippen LogP contribution in [-0.4, -0.2) is 56.0 Å². The fourth-order valence-electron chi connectivity index (χ4n) is 2.33. The summed E-state index contributed by atoms with van der Waals surface area (Å²) in [7, 11) is 0. The zero-order chi connectivity index (χ0) is 19.3. The molecule has 1 aliphatic rings. The van der Waals surface area contributed by atoms with E-state index < -0.39 is 29.1 Å². The van der Waals surface area contributed by atoms with Crippen LogP contribution in [0.5, 0.6) is 0 Å². The number of carbonyl (C=O) groups is 4. The van der Waals surface area contributed by atoms with Crippen LogP contribution in [0.25, 0.3) is 0 Å². The molecule has 9 nitrogen and oxygen atoms in total. The van der Waals surface area contributed by atoms with Gasteiger partial charge in [-0.25, -0.2) is 9.69 Å². The zero-order valence-corrected chi connectivity index (χ0v) is 16.1. The smallest absolute Gasteiger partial charge is 0.327 e. The van der Waals surface area contributed by atoms with Gasteiger partial charge in [0.2, 0.25) is 22.9 Å². The summed E-state index contributed by atoms with van der Waals surface area (Å²) < 4.78 is 0. The molecule has 2 heterocycles. The van der Waals surface area contributed by atoms with Crippen LogP contribution in [0.1, 0.15) is 38.1 Å². The Morgan fingerprint density at radius 3 is 2.77 bits per heavy atom. The van der Waals surface area contributed by atoms with E-state index in [0.717, 1.165) is 40.9 Å². The standard InChI is InChI=1S/C15H20N4O5S2/c1-3-4-5-11-17-18-15(26-11)19-12(21)6-10(13(19)22)25-7-9(14(23)24)16-8(2)20/h9-10H,3-7H2,1-2H3,(H,16,20)(H,23,24). The summed E-state index contributed by atoms with van der Waals surface area (Å²) >= 11 is 2.26. The third kappa shape index (κ3) is 5.01. The van der Waals surface area contributed by atoms with Crippen molar-refractivity contribution in [1.29, 1.82) is 0 Å². The summed E-state index contributed by atoms with van der Waals surface area (Å²) in [5.41, 5.74) is 0. The highest BCUT2D eigenvalue weighted by Gasteiger charge is 2.42. The van der Waals surface area contributed by atoms with Gasteiger partial charge in [-0.1, -0.05) is 24.7 Å². The minimum atomic E-state index is -1.19. The van der Waals surface area contributed by atoms with Gasteiger partial charge in [0.05, 0.1) is 5.25 Å². The van der Waals surface area contributed by atoms with E-state index >= 15 is 0 Å². The lowest BCUT2D eigenvalue weighted by Gasteiger charge is -2.15. The fourth-order valence-corrected chi connectivity index (χ4v) is 4.39. The average Bonchev–Trinajstić information content (AvgIpc) is 3.13. The monoisotopic (exact) mass is 400 g/mol. The number of thioether (sulfide) groups is 1. The second kappa shape index (κ2) is 9.08. The zero-order valence-electron chi connectivity index (χ0n) is 14.4. The molecule has 2 unspecified atom stereocenters. The molecular formula is C15H20N4O5S2. The fraction of sp³-hybridized carbons (Fsp3) is 0.600. The highest BCUT2D eigenvalue weighted by molar-refractivity contribution is 8.00. The molecule has 11 heteroatoms. The molecule has 2 atom stereocenters. The van der Waals surface area contributed by atoms with E-state index in [1.807, 2.05) is 0 Å². The lowest BCUT2D eigenvalue weighted by atomic mass is 10.3. The number of unbranched alkanes of at least 4 members (excludes halogenated alkanes) is 1. The summed E-state index contributed by atoms with van der Waals surface area (Å²) in [5.74, 6) is -2.47. The number of nitrogens with zero attached hydrogens (tertiary/aromatic N) is 3. The van der Waals surface area contributed by atoms with E-state index in [-0.39, 0.29) is 23.2 Å². The first kappa shape index (κ1) is 20.3. The van der Waals surface area contributed by atoms with E-state index in [2.05, 4.69) is 22.4 Å². The van der Waals surface area contributed by atoms with Gasteiger partial charge in [0.1, 0.15) is 11.0 Å². The first-order valence-corrected chi connectivity index (χ1v) is 10.0. The predicted molar refractivity (Wildman–Crippen MR) is 97.1 cm³/mol. The summed E-state index contributed by atoms with van der Waals surface area (Å²) in [6, 6.07) is -1.11. The number of carboxylic acid groups (broad SMARTS) is 1. The molecule has 0 aliphatic carbocycles. The molecule has 2 rings (SSSR count). The van der Waals surface area contributed by atoms with E-state index in [1.165, 1.54) is 18.3 Å². The third-order valence-electron chi connectivity index (χ3n) is 3.64. The van der Waals surface area contributed by atoms with Crippen molar-refractivity contribution in [2.45, 2.75) is 50.8 Å². The molecule has 0 aromatic carbocycles. The van der Waals surface area contributed by atoms with Crippen molar-refractivity contribution in [2.75, 3.05) is 10.7 Å². The van der Waals surface area contributed by atoms with Crippen LogP contribution < -0.4 is 10.2 Å². The lowest BCUT2D eigenvalue weighted by molar-refractivity contribution is -0.140. The Labute approximate surface area is 158 Å². The molecule has 1 aliphatic heterocycles. The largest absolute Gasteiger partial charge is 0.480 e. The van der Waals surface area contributed by atoms with Crippen molar-refractivity contribution in [3.63, 3.8) is 0 Å². The number of anilines is 1. The van der Waals surface area contributed by atoms with Crippen molar-refractivity contribution in [3.05, 3.63) is 5.01 Å². The number of hydrogen-bond donors (Lipinski definition) is 2. The lowest BCUT2D eigenvalue weighted by Crippen LogP contribution is -2.42. The Hall–Kier alpha value is -2.01. The minimum Gasteiger partial charge on any atom is -0.480 e. The van der Waals surface area contributed by atoms with E-state index in [9.17, 15) is 19.2 Å². The summed E-state index contributed by atoms with van der Waals surface area (Å²) in [5, 5.41) is 19.7. The number of rotatable bonds is 9. The quantitative estimate of drug-likeness (QED) is 0.583. The number of nitrogens with one attached hydrogen (secondary N) is 1. The van der Waals surface area contributed by atoms with Crippen molar-refractivity contribution in [1.82, 2.24) is 15.5 Å². The Kier molecular flexibility index (Phi) is 7.09. The third-order valence-corrected chi connectivity index (χ3v) is 5.90. The average molecular weight is 400 g/mol. The molecule has 26 heavy (non-hydrogen) atoms. The Balaban J connectivity index is 2.00. The van der Waals surface area contributed by atoms with Gasteiger partial charge in [0.15, 0.2) is 0 Å². The summed E-state index contributed by atoms with van der Waals surface area (Å²) in [6.07, 6.45) is 2.68. The Morgan fingerprint density at radius 2 is 2.15 bits per heavy atom. The summed E-state index contributed by atoms with van der Waals surface area (Å²) in [4.78, 5) is 48.0. The second-order valence-electron chi connectivity index (χ2n) is 5.77. The molecule has 0 saturated carbocycles. The number of aliphatic carboxylic acids is 1. The highest BCUT2D eigenvalue weighted by atomic mass is 32.2. The van der Waals surface area contributed by atoms with Gasteiger partial charge in [-0.15, -0.1) is 22.0 Å². The van der Waals surface area contributed by atoms with Crippen molar-refractivity contribution >= 4 is 51.9 Å². The molecule has 0 bridgehead atoms. The molecule has 0 radical (unpaired) electrons. The minimum absolute atomic E-state index is 0.00961. The van der Waals surface area contributed by atoms with E-state index in [1.54, 1.807) is 0 Å². The first-order chi connectivity index (χ1) is 12.3. The molecule has 3 amide bonds. The number of carboxylic acids is 1. The van der Waals surface area contributed by atoms with Crippen LogP contribution in [0.3, 0.4) is 0 Å². The maximum Gasteiger partial charge on any atom is 0.327 e. The van der Waals surface area contributed by atoms with Gasteiger partial charge in [0, 0.05) is 25.5 Å². The van der Waals surface area contributed by atoms with Gasteiger partial charge < -0.3 is 10.4 Å². The summed E-state index contributed by atoms with van der Waals surface area (Å²) in [6.45, 7) is 3.28. The highest BCUT2D eigenvalue weighted by Crippen LogP contribution is 2.32. The molecule has 1 aromatic rings. The molecule has 2 N–H and O–H groups in total. The topological polar surface area (TPSA) is 130 Å². The van der Waals surface area contributed by atoms with E-state index in [4.69, 9.17) is 5.11 Å². The van der Waals surface area contributed by atoms with Crippen LogP contribution in [0, 0.1) is 0 Å². The van der Waals surface area contributed by atoms with E-state index in [0.29, 0.717) is 0 Å². The normalized spacial score (nSPS) is 18.2. The van der Waals surface area contributed by atoms with Crippen molar-refractivity contribution in [3.8, 4) is 0 Å². The van der Waals surface area contributed by atoms with Gasteiger partial charge >= 0.3 is 5.97 Å². The van der Waals surface area contributed by atoms with Crippen molar-refractivity contribution < 1.29 is 24.3 Å². The second-order valence-corrected chi connectivity index (χ2v) is 8.04. The number of imide groups is 1. The maximum atomic E-state index is 12.5. The molecular weight excluding hydrogens is 380 g/mol. The number of aryl methyl sites for hydroxylation is 1. The molecule has 1 saturated heterocycles. The SMILES string of the molecule is CCCCc1nnc(N2C(=O)CC(SCC(NC(C)=O)C(=O)O)C2=O)s1. The number of aromatic nitrogens is 2. The van der Waals surface area contributed by atoms with Crippen LogP contribution in [0.4, 0.5) is 5.13 Å². The Morgan fingerprint density at radius 1 is 1.42 bits per heavy atom. The maximum absolute atomic E-state index is 12.5. The van der Waals surface area contributed by atoms with Crippen LogP contribution >= 0.6 is 23.1 Å². The molecule has 0 spiro atoms. The van der Waals surface area contributed by atoms with Crippen LogP contribution in [0.2, 0.25) is 0 Å². The van der Waals surface area contributed by atoms with Crippen LogP contribution in [-0.2, 0) is 25.6 Å². The van der Waals surface area contributed by atoms with Crippen molar-refractivity contribution in [2.24, 2.45) is 0 Å². The van der Waals surface area contributed by atoms with Gasteiger partial charge in [0.25, 0.3) is 0 Å². The van der Waals surface area contributed by atoms with Crippen LogP contribution in [0.15, 0.2) is 0 Å². The number of carbonyl (C=O) groups excluding carboxylic acids is 3. The molecule has 142 valence electrons. The first-order valence-electron chi connectivity index (χ1n) is 8.14.